The van der Waals surface area contributed by atoms with E-state index in [1.165, 1.54) is 0 Å². The highest BCUT2D eigenvalue weighted by atomic mass is 79.9. The third-order valence-electron chi connectivity index (χ3n) is 2.91. The summed E-state index contributed by atoms with van der Waals surface area (Å²) >= 11 is 9.49. The second-order valence-electron chi connectivity index (χ2n) is 3.97. The normalized spacial score (nSPS) is 12.7. The summed E-state index contributed by atoms with van der Waals surface area (Å²) in [7, 11) is 1.94. The zero-order valence-corrected chi connectivity index (χ0v) is 12.7. The van der Waals surface area contributed by atoms with Crippen molar-refractivity contribution in [3.63, 3.8) is 0 Å². The molecule has 0 saturated carbocycles. The van der Waals surface area contributed by atoms with Crippen molar-refractivity contribution < 1.29 is 0 Å². The van der Waals surface area contributed by atoms with E-state index >= 15 is 0 Å². The largest absolute Gasteiger partial charge is 0.308 e. The van der Waals surface area contributed by atoms with Crippen molar-refractivity contribution in [3.8, 4) is 0 Å². The van der Waals surface area contributed by atoms with Gasteiger partial charge in [0.25, 0.3) is 0 Å². The number of hydrogen-bond acceptors (Lipinski definition) is 2. The lowest BCUT2D eigenvalue weighted by Gasteiger charge is -2.18. The molecule has 1 aromatic heterocycles. The Morgan fingerprint density at radius 1 is 1.44 bits per heavy atom. The van der Waals surface area contributed by atoms with E-state index in [9.17, 15) is 0 Å². The zero-order valence-electron chi connectivity index (χ0n) is 10.3. The third-order valence-corrected chi connectivity index (χ3v) is 4.12. The average molecular weight is 329 g/mol. The Morgan fingerprint density at radius 3 is 2.83 bits per heavy atom. The highest BCUT2D eigenvalue weighted by Crippen LogP contribution is 2.28. The molecule has 0 aliphatic rings. The number of rotatable bonds is 4. The molecule has 1 unspecified atom stereocenters. The molecule has 1 N–H and O–H groups in total. The molecule has 0 fully saturated rings. The molecule has 1 aromatic carbocycles. The average Bonchev–Trinajstić information content (AvgIpc) is 2.83. The van der Waals surface area contributed by atoms with Crippen LogP contribution in [0.1, 0.15) is 24.2 Å². The van der Waals surface area contributed by atoms with E-state index in [0.717, 1.165) is 27.3 Å². The number of nitrogens with one attached hydrogen (secondary N) is 1. The second kappa shape index (κ2) is 5.87. The summed E-state index contributed by atoms with van der Waals surface area (Å²) in [6.07, 6.45) is 1.83. The smallest absolute Gasteiger partial charge is 0.0746 e. The molecule has 18 heavy (non-hydrogen) atoms. The molecular formula is C13H15BrClN3. The van der Waals surface area contributed by atoms with Crippen LogP contribution < -0.4 is 5.32 Å². The Bertz CT molecular complexity index is 539. The molecule has 0 aliphatic heterocycles. The van der Waals surface area contributed by atoms with E-state index in [4.69, 9.17) is 11.6 Å². The van der Waals surface area contributed by atoms with Crippen LogP contribution >= 0.6 is 27.5 Å². The first-order valence-corrected chi connectivity index (χ1v) is 6.98. The summed E-state index contributed by atoms with van der Waals surface area (Å²) in [5, 5.41) is 8.35. The minimum atomic E-state index is 0.112. The first-order chi connectivity index (χ1) is 8.67. The standard InChI is InChI=1S/C13H15BrClN3/c1-3-18-12(6-7-17-18)13(16-2)9-4-5-11(15)10(14)8-9/h4-8,13,16H,3H2,1-2H3. The van der Waals surface area contributed by atoms with Gasteiger partial charge in [-0.05, 0) is 53.7 Å². The Morgan fingerprint density at radius 2 is 2.22 bits per heavy atom. The van der Waals surface area contributed by atoms with E-state index in [2.05, 4.69) is 33.3 Å². The van der Waals surface area contributed by atoms with Gasteiger partial charge in [-0.25, -0.2) is 0 Å². The Hall–Kier alpha value is -0.840. The van der Waals surface area contributed by atoms with Gasteiger partial charge in [0.15, 0.2) is 0 Å². The number of benzene rings is 1. The van der Waals surface area contributed by atoms with Gasteiger partial charge in [0.1, 0.15) is 0 Å². The van der Waals surface area contributed by atoms with Crippen molar-refractivity contribution in [3.05, 3.63) is 51.2 Å². The summed E-state index contributed by atoms with van der Waals surface area (Å²) in [6.45, 7) is 2.94. The molecule has 0 radical (unpaired) electrons. The highest BCUT2D eigenvalue weighted by Gasteiger charge is 2.16. The SMILES string of the molecule is CCn1nccc1C(NC)c1ccc(Cl)c(Br)c1. The van der Waals surface area contributed by atoms with Gasteiger partial charge < -0.3 is 5.32 Å². The number of halogens is 2. The Labute approximate surface area is 120 Å². The molecule has 96 valence electrons. The van der Waals surface area contributed by atoms with Crippen molar-refractivity contribution in [1.29, 1.82) is 0 Å². The van der Waals surface area contributed by atoms with Crippen LogP contribution in [0.25, 0.3) is 0 Å². The van der Waals surface area contributed by atoms with Crippen LogP contribution in [0.5, 0.6) is 0 Å². The molecule has 0 amide bonds. The summed E-state index contributed by atoms with van der Waals surface area (Å²) in [4.78, 5) is 0. The van der Waals surface area contributed by atoms with Gasteiger partial charge in [0.05, 0.1) is 16.8 Å². The fourth-order valence-corrected chi connectivity index (χ4v) is 2.54. The fourth-order valence-electron chi connectivity index (χ4n) is 2.03. The summed E-state index contributed by atoms with van der Waals surface area (Å²) in [6, 6.07) is 8.11. The van der Waals surface area contributed by atoms with Crippen LogP contribution in [0.15, 0.2) is 34.9 Å². The molecule has 2 aromatic rings. The molecule has 1 atom stereocenters. The van der Waals surface area contributed by atoms with Gasteiger partial charge in [-0.15, -0.1) is 0 Å². The van der Waals surface area contributed by atoms with Crippen LogP contribution in [-0.4, -0.2) is 16.8 Å². The molecule has 2 rings (SSSR count). The minimum Gasteiger partial charge on any atom is -0.308 e. The topological polar surface area (TPSA) is 29.9 Å². The van der Waals surface area contributed by atoms with Crippen LogP contribution in [-0.2, 0) is 6.54 Å². The van der Waals surface area contributed by atoms with Crippen molar-refractivity contribution >= 4 is 27.5 Å². The van der Waals surface area contributed by atoms with Gasteiger partial charge >= 0.3 is 0 Å². The maximum absolute atomic E-state index is 6.03. The van der Waals surface area contributed by atoms with Gasteiger partial charge in [-0.3, -0.25) is 4.68 Å². The Balaban J connectivity index is 2.42. The van der Waals surface area contributed by atoms with E-state index in [1.807, 2.05) is 42.2 Å². The fraction of sp³-hybridized carbons (Fsp3) is 0.308. The van der Waals surface area contributed by atoms with E-state index < -0.39 is 0 Å². The lowest BCUT2D eigenvalue weighted by Crippen LogP contribution is -2.21. The Kier molecular flexibility index (Phi) is 4.43. The molecule has 0 bridgehead atoms. The lowest BCUT2D eigenvalue weighted by molar-refractivity contribution is 0.563. The predicted molar refractivity (Wildman–Crippen MR) is 78.0 cm³/mol. The summed E-state index contributed by atoms with van der Waals surface area (Å²) < 4.78 is 2.90. The first-order valence-electron chi connectivity index (χ1n) is 5.81. The maximum Gasteiger partial charge on any atom is 0.0746 e. The van der Waals surface area contributed by atoms with Crippen molar-refractivity contribution in [1.82, 2.24) is 15.1 Å². The molecule has 0 spiro atoms. The number of aryl methyl sites for hydroxylation is 1. The molecule has 5 heteroatoms. The minimum absolute atomic E-state index is 0.112. The molecule has 0 aliphatic carbocycles. The van der Waals surface area contributed by atoms with Crippen molar-refractivity contribution in [2.75, 3.05) is 7.05 Å². The number of hydrogen-bond donors (Lipinski definition) is 1. The van der Waals surface area contributed by atoms with E-state index in [1.54, 1.807) is 0 Å². The summed E-state index contributed by atoms with van der Waals surface area (Å²) in [5.41, 5.74) is 2.30. The van der Waals surface area contributed by atoms with Crippen LogP contribution in [0, 0.1) is 0 Å². The molecule has 1 heterocycles. The van der Waals surface area contributed by atoms with Crippen molar-refractivity contribution in [2.45, 2.75) is 19.5 Å². The van der Waals surface area contributed by atoms with Gasteiger partial charge in [0.2, 0.25) is 0 Å². The molecular weight excluding hydrogens is 314 g/mol. The predicted octanol–water partition coefficient (Wildman–Crippen LogP) is 3.63. The monoisotopic (exact) mass is 327 g/mol. The van der Waals surface area contributed by atoms with Gasteiger partial charge in [-0.1, -0.05) is 17.7 Å². The molecule has 3 nitrogen and oxygen atoms in total. The van der Waals surface area contributed by atoms with E-state index in [-0.39, 0.29) is 6.04 Å². The van der Waals surface area contributed by atoms with Gasteiger partial charge in [-0.2, -0.15) is 5.10 Å². The lowest BCUT2D eigenvalue weighted by atomic mass is 10.0. The molecule has 0 saturated heterocycles. The van der Waals surface area contributed by atoms with E-state index in [0.29, 0.717) is 0 Å². The maximum atomic E-state index is 6.03. The number of nitrogens with zero attached hydrogens (tertiary/aromatic N) is 2. The van der Waals surface area contributed by atoms with Gasteiger partial charge in [0, 0.05) is 17.2 Å². The summed E-state index contributed by atoms with van der Waals surface area (Å²) in [5.74, 6) is 0. The second-order valence-corrected chi connectivity index (χ2v) is 5.23. The third kappa shape index (κ3) is 2.60. The zero-order chi connectivity index (χ0) is 13.1. The first kappa shape index (κ1) is 13.6. The number of aromatic nitrogens is 2. The highest BCUT2D eigenvalue weighted by molar-refractivity contribution is 9.10. The van der Waals surface area contributed by atoms with Crippen molar-refractivity contribution in [2.24, 2.45) is 0 Å². The van der Waals surface area contributed by atoms with Crippen LogP contribution in [0.3, 0.4) is 0 Å². The van der Waals surface area contributed by atoms with Crippen LogP contribution in [0.4, 0.5) is 0 Å². The quantitative estimate of drug-likeness (QED) is 0.929. The van der Waals surface area contributed by atoms with Crippen LogP contribution in [0.2, 0.25) is 5.02 Å².